The van der Waals surface area contributed by atoms with Gasteiger partial charge in [0.15, 0.2) is 0 Å². The number of aromatic nitrogens is 1. The second kappa shape index (κ2) is 4.87. The predicted octanol–water partition coefficient (Wildman–Crippen LogP) is 2.96. The fourth-order valence-electron chi connectivity index (χ4n) is 1.78. The number of nitrogens with zero attached hydrogens (tertiary/aromatic N) is 1. The number of benzene rings is 1. The molecule has 0 saturated carbocycles. The van der Waals surface area contributed by atoms with Crippen molar-refractivity contribution in [3.8, 4) is 5.69 Å². The fourth-order valence-corrected chi connectivity index (χ4v) is 1.78. The second-order valence-electron chi connectivity index (χ2n) is 3.81. The van der Waals surface area contributed by atoms with Crippen molar-refractivity contribution in [1.82, 2.24) is 4.57 Å². The lowest BCUT2D eigenvalue weighted by Crippen LogP contribution is -2.05. The summed E-state index contributed by atoms with van der Waals surface area (Å²) in [6.45, 7) is 4.19. The molecule has 0 aliphatic carbocycles. The predicted molar refractivity (Wildman–Crippen MR) is 66.5 cm³/mol. The average molecular weight is 229 g/mol. The molecule has 17 heavy (non-hydrogen) atoms. The Labute approximate surface area is 101 Å². The van der Waals surface area contributed by atoms with E-state index < -0.39 is 0 Å². The first-order valence-electron chi connectivity index (χ1n) is 5.63. The van der Waals surface area contributed by atoms with Crippen LogP contribution in [0.3, 0.4) is 0 Å². The number of carbonyl (C=O) groups is 1. The summed E-state index contributed by atoms with van der Waals surface area (Å²) in [6.07, 6.45) is 3.96. The molecular formula is C14H15NO2. The molecule has 3 nitrogen and oxygen atoms in total. The minimum absolute atomic E-state index is 0.269. The van der Waals surface area contributed by atoms with E-state index in [2.05, 4.69) is 0 Å². The van der Waals surface area contributed by atoms with Crippen LogP contribution in [0.15, 0.2) is 42.7 Å². The van der Waals surface area contributed by atoms with E-state index in [0.717, 1.165) is 11.3 Å². The summed E-state index contributed by atoms with van der Waals surface area (Å²) in [5.41, 5.74) is 2.72. The molecule has 0 N–H and O–H groups in total. The van der Waals surface area contributed by atoms with E-state index in [0.29, 0.717) is 12.2 Å². The molecule has 3 heteroatoms. The van der Waals surface area contributed by atoms with Gasteiger partial charge in [0, 0.05) is 18.1 Å². The largest absolute Gasteiger partial charge is 0.462 e. The van der Waals surface area contributed by atoms with Crippen LogP contribution in [-0.2, 0) is 4.74 Å². The molecular weight excluding hydrogens is 214 g/mol. The second-order valence-corrected chi connectivity index (χ2v) is 3.81. The molecule has 88 valence electrons. The molecule has 1 heterocycles. The summed E-state index contributed by atoms with van der Waals surface area (Å²) in [5.74, 6) is -0.269. The van der Waals surface area contributed by atoms with Gasteiger partial charge in [-0.25, -0.2) is 4.79 Å². The van der Waals surface area contributed by atoms with Gasteiger partial charge in [-0.2, -0.15) is 0 Å². The number of aryl methyl sites for hydroxylation is 1. The number of hydrogen-bond donors (Lipinski definition) is 0. The Morgan fingerprint density at radius 1 is 1.29 bits per heavy atom. The molecule has 0 bridgehead atoms. The maximum absolute atomic E-state index is 11.6. The lowest BCUT2D eigenvalue weighted by molar-refractivity contribution is 0.0526. The highest BCUT2D eigenvalue weighted by molar-refractivity contribution is 5.90. The fraction of sp³-hybridized carbons (Fsp3) is 0.214. The maximum Gasteiger partial charge on any atom is 0.338 e. The van der Waals surface area contributed by atoms with Crippen molar-refractivity contribution in [2.24, 2.45) is 0 Å². The van der Waals surface area contributed by atoms with Gasteiger partial charge in [-0.05, 0) is 49.7 Å². The minimum atomic E-state index is -0.269. The zero-order valence-electron chi connectivity index (χ0n) is 10.0. The van der Waals surface area contributed by atoms with Crippen molar-refractivity contribution in [3.63, 3.8) is 0 Å². The zero-order valence-corrected chi connectivity index (χ0v) is 10.0. The van der Waals surface area contributed by atoms with E-state index in [4.69, 9.17) is 4.74 Å². The van der Waals surface area contributed by atoms with Gasteiger partial charge in [0.05, 0.1) is 12.2 Å². The Morgan fingerprint density at radius 3 is 2.59 bits per heavy atom. The van der Waals surface area contributed by atoms with Crippen LogP contribution in [0.4, 0.5) is 0 Å². The van der Waals surface area contributed by atoms with Crippen molar-refractivity contribution >= 4 is 5.97 Å². The van der Waals surface area contributed by atoms with Crippen LogP contribution in [0.2, 0.25) is 0 Å². The highest BCUT2D eigenvalue weighted by Gasteiger charge is 2.08. The number of rotatable bonds is 3. The van der Waals surface area contributed by atoms with E-state index in [1.165, 1.54) is 0 Å². The summed E-state index contributed by atoms with van der Waals surface area (Å²) in [5, 5.41) is 0. The smallest absolute Gasteiger partial charge is 0.338 e. The molecule has 0 spiro atoms. The topological polar surface area (TPSA) is 31.2 Å². The Balaban J connectivity index is 2.32. The number of hydrogen-bond acceptors (Lipinski definition) is 2. The summed E-state index contributed by atoms with van der Waals surface area (Å²) in [4.78, 5) is 11.6. The van der Waals surface area contributed by atoms with Crippen molar-refractivity contribution in [2.75, 3.05) is 6.61 Å². The summed E-state index contributed by atoms with van der Waals surface area (Å²) < 4.78 is 6.99. The quantitative estimate of drug-likeness (QED) is 0.758. The first-order valence-corrected chi connectivity index (χ1v) is 5.63. The molecule has 2 rings (SSSR count). The highest BCUT2D eigenvalue weighted by atomic mass is 16.5. The molecule has 0 atom stereocenters. The van der Waals surface area contributed by atoms with Gasteiger partial charge < -0.3 is 9.30 Å². The van der Waals surface area contributed by atoms with E-state index in [-0.39, 0.29) is 5.97 Å². The monoisotopic (exact) mass is 229 g/mol. The third-order valence-electron chi connectivity index (χ3n) is 2.59. The Hall–Kier alpha value is -2.03. The number of ether oxygens (including phenoxy) is 1. The Kier molecular flexibility index (Phi) is 3.28. The lowest BCUT2D eigenvalue weighted by Gasteiger charge is -2.09. The van der Waals surface area contributed by atoms with Crippen molar-refractivity contribution < 1.29 is 9.53 Å². The van der Waals surface area contributed by atoms with Crippen LogP contribution in [0.5, 0.6) is 0 Å². The number of carbonyl (C=O) groups excluding carboxylic acids is 1. The molecule has 0 unspecified atom stereocenters. The van der Waals surface area contributed by atoms with Gasteiger partial charge in [-0.15, -0.1) is 0 Å². The summed E-state index contributed by atoms with van der Waals surface area (Å²) in [7, 11) is 0. The average Bonchev–Trinajstić information content (AvgIpc) is 2.82. The molecule has 2 aromatic rings. The SMILES string of the molecule is CCOC(=O)c1ccc(-n2cccc2)c(C)c1. The molecule has 1 aromatic carbocycles. The highest BCUT2D eigenvalue weighted by Crippen LogP contribution is 2.16. The van der Waals surface area contributed by atoms with E-state index >= 15 is 0 Å². The van der Waals surface area contributed by atoms with Gasteiger partial charge in [0.2, 0.25) is 0 Å². The van der Waals surface area contributed by atoms with Crippen molar-refractivity contribution in [2.45, 2.75) is 13.8 Å². The van der Waals surface area contributed by atoms with Crippen LogP contribution in [0, 0.1) is 6.92 Å². The maximum atomic E-state index is 11.6. The van der Waals surface area contributed by atoms with E-state index in [1.54, 1.807) is 13.0 Å². The van der Waals surface area contributed by atoms with Crippen LogP contribution in [0.25, 0.3) is 5.69 Å². The van der Waals surface area contributed by atoms with Crippen molar-refractivity contribution in [3.05, 3.63) is 53.9 Å². The standard InChI is InChI=1S/C14H15NO2/c1-3-17-14(16)12-6-7-13(11(2)10-12)15-8-4-5-9-15/h4-10H,3H2,1-2H3. The molecule has 0 saturated heterocycles. The third-order valence-corrected chi connectivity index (χ3v) is 2.59. The summed E-state index contributed by atoms with van der Waals surface area (Å²) >= 11 is 0. The summed E-state index contributed by atoms with van der Waals surface area (Å²) in [6, 6.07) is 9.52. The Bertz CT molecular complexity index is 515. The van der Waals surface area contributed by atoms with E-state index in [1.807, 2.05) is 48.1 Å². The molecule has 0 aliphatic rings. The minimum Gasteiger partial charge on any atom is -0.462 e. The van der Waals surface area contributed by atoms with Gasteiger partial charge in [-0.3, -0.25) is 0 Å². The van der Waals surface area contributed by atoms with Crippen LogP contribution >= 0.6 is 0 Å². The van der Waals surface area contributed by atoms with Crippen molar-refractivity contribution in [1.29, 1.82) is 0 Å². The first-order chi connectivity index (χ1) is 8.22. The molecule has 0 fully saturated rings. The zero-order chi connectivity index (χ0) is 12.3. The van der Waals surface area contributed by atoms with Gasteiger partial charge in [-0.1, -0.05) is 0 Å². The van der Waals surface area contributed by atoms with Gasteiger partial charge in [0.1, 0.15) is 0 Å². The molecule has 0 radical (unpaired) electrons. The van der Waals surface area contributed by atoms with Gasteiger partial charge >= 0.3 is 5.97 Å². The Morgan fingerprint density at radius 2 is 2.00 bits per heavy atom. The van der Waals surface area contributed by atoms with Crippen LogP contribution in [0.1, 0.15) is 22.8 Å². The molecule has 0 aliphatic heterocycles. The van der Waals surface area contributed by atoms with Gasteiger partial charge in [0.25, 0.3) is 0 Å². The van der Waals surface area contributed by atoms with E-state index in [9.17, 15) is 4.79 Å². The number of esters is 1. The molecule has 0 amide bonds. The normalized spacial score (nSPS) is 10.2. The third kappa shape index (κ3) is 2.38. The molecule has 1 aromatic heterocycles. The first kappa shape index (κ1) is 11.5. The lowest BCUT2D eigenvalue weighted by atomic mass is 10.1. The van der Waals surface area contributed by atoms with Crippen LogP contribution < -0.4 is 0 Å². The van der Waals surface area contributed by atoms with Crippen LogP contribution in [-0.4, -0.2) is 17.1 Å².